The van der Waals surface area contributed by atoms with Crippen LogP contribution in [0, 0.1) is 0 Å². The molecule has 6 heteroatoms. The fraction of sp³-hybridized carbons (Fsp3) is 0.273. The molecule has 4 nitrogen and oxygen atoms in total. The van der Waals surface area contributed by atoms with Gasteiger partial charge in [0, 0.05) is 0 Å². The van der Waals surface area contributed by atoms with Crippen LogP contribution < -0.4 is 12.4 Å². The van der Waals surface area contributed by atoms with E-state index in [1.54, 1.807) is 21.1 Å². The van der Waals surface area contributed by atoms with Gasteiger partial charge in [0.25, 0.3) is 0 Å². The molecule has 0 saturated heterocycles. The van der Waals surface area contributed by atoms with Gasteiger partial charge < -0.3 is 12.4 Å². The average molecular weight is 278 g/mol. The van der Waals surface area contributed by atoms with Crippen LogP contribution in [0.25, 0.3) is 6.08 Å². The van der Waals surface area contributed by atoms with Gasteiger partial charge in [0.05, 0.1) is 26.6 Å². The number of hydroxylamine groups is 3. The van der Waals surface area contributed by atoms with Crippen molar-refractivity contribution in [2.24, 2.45) is 0 Å². The fourth-order valence-corrected chi connectivity index (χ4v) is 2.06. The zero-order valence-electron chi connectivity index (χ0n) is 10.00. The second kappa shape index (κ2) is 6.16. The number of rotatable bonds is 4. The van der Waals surface area contributed by atoms with Crippen LogP contribution in [0.15, 0.2) is 35.7 Å². The van der Waals surface area contributed by atoms with Crippen molar-refractivity contribution in [1.82, 2.24) is 0 Å². The minimum atomic E-state index is -3.65. The summed E-state index contributed by atoms with van der Waals surface area (Å²) in [5, 5.41) is 1.06. The topological polar surface area (TPSA) is 43.4 Å². The van der Waals surface area contributed by atoms with E-state index in [1.165, 1.54) is 6.08 Å². The van der Waals surface area contributed by atoms with Gasteiger partial charge in [-0.15, -0.1) is 0 Å². The van der Waals surface area contributed by atoms with E-state index in [2.05, 4.69) is 0 Å². The van der Waals surface area contributed by atoms with Crippen molar-refractivity contribution in [1.29, 1.82) is 0 Å². The predicted octanol–water partition coefficient (Wildman–Crippen LogP) is -1.37. The Bertz CT molecular complexity index is 463. The third kappa shape index (κ3) is 7.12. The lowest BCUT2D eigenvalue weighted by Crippen LogP contribution is -3.00. The molecule has 17 heavy (non-hydrogen) atoms. The van der Waals surface area contributed by atoms with E-state index in [0.29, 0.717) is 0 Å². The second-order valence-corrected chi connectivity index (χ2v) is 5.58. The van der Waals surface area contributed by atoms with Crippen molar-refractivity contribution < 1.29 is 29.8 Å². The van der Waals surface area contributed by atoms with Crippen molar-refractivity contribution in [3.63, 3.8) is 0 Å². The lowest BCUT2D eigenvalue weighted by Gasteiger charge is -2.18. The summed E-state index contributed by atoms with van der Waals surface area (Å²) in [6.07, 6.45) is 1.50. The lowest BCUT2D eigenvalue weighted by atomic mass is 10.2. The molecule has 0 heterocycles. The molecule has 0 atom stereocenters. The Hall–Kier alpha value is -0.880. The van der Waals surface area contributed by atoms with E-state index in [1.807, 2.05) is 30.3 Å². The van der Waals surface area contributed by atoms with Gasteiger partial charge in [-0.05, 0) is 11.6 Å². The molecule has 0 N–H and O–H groups in total. The van der Waals surface area contributed by atoms with Crippen LogP contribution in [-0.4, -0.2) is 34.2 Å². The standard InChI is InChI=1S/C11H16NO3S.ClH/c1-12(2,3)15-16(13,14)10-9-11-7-5-4-6-8-11;/h4-10H,1-3H3;1H/q+1;/p-1. The van der Waals surface area contributed by atoms with E-state index in [0.717, 1.165) is 11.0 Å². The van der Waals surface area contributed by atoms with Crippen LogP contribution in [0.4, 0.5) is 0 Å². The van der Waals surface area contributed by atoms with Gasteiger partial charge in [0.2, 0.25) is 0 Å². The van der Waals surface area contributed by atoms with E-state index >= 15 is 0 Å². The predicted molar refractivity (Wildman–Crippen MR) is 63.5 cm³/mol. The highest BCUT2D eigenvalue weighted by Gasteiger charge is 2.19. The Labute approximate surface area is 109 Å². The summed E-state index contributed by atoms with van der Waals surface area (Å²) in [5.74, 6) is 0. The summed E-state index contributed by atoms with van der Waals surface area (Å²) in [6, 6.07) is 9.18. The number of hydrogen-bond acceptors (Lipinski definition) is 3. The molecule has 1 aromatic rings. The van der Waals surface area contributed by atoms with Gasteiger partial charge >= 0.3 is 10.1 Å². The number of halogens is 1. The van der Waals surface area contributed by atoms with Gasteiger partial charge in [-0.1, -0.05) is 34.6 Å². The number of nitrogens with zero attached hydrogens (tertiary/aromatic N) is 1. The first kappa shape index (κ1) is 16.1. The van der Waals surface area contributed by atoms with Gasteiger partial charge in [-0.2, -0.15) is 13.1 Å². The Morgan fingerprint density at radius 3 is 2.12 bits per heavy atom. The Morgan fingerprint density at radius 1 is 1.12 bits per heavy atom. The highest BCUT2D eigenvalue weighted by Crippen LogP contribution is 2.07. The number of hydrogen-bond donors (Lipinski definition) is 0. The molecule has 1 aromatic carbocycles. The molecule has 0 aliphatic rings. The van der Waals surface area contributed by atoms with Crippen molar-refractivity contribution in [3.05, 3.63) is 41.3 Å². The molecule has 0 aliphatic heterocycles. The van der Waals surface area contributed by atoms with Crippen molar-refractivity contribution in [2.75, 3.05) is 21.1 Å². The van der Waals surface area contributed by atoms with E-state index in [9.17, 15) is 8.42 Å². The summed E-state index contributed by atoms with van der Waals surface area (Å²) in [6.45, 7) is 0. The molecule has 0 fully saturated rings. The van der Waals surface area contributed by atoms with Crippen LogP contribution in [0.5, 0.6) is 0 Å². The van der Waals surface area contributed by atoms with Gasteiger partial charge in [0.15, 0.2) is 0 Å². The van der Waals surface area contributed by atoms with Crippen LogP contribution in [0.2, 0.25) is 0 Å². The van der Waals surface area contributed by atoms with E-state index < -0.39 is 10.1 Å². The highest BCUT2D eigenvalue weighted by molar-refractivity contribution is 7.89. The second-order valence-electron chi connectivity index (χ2n) is 4.17. The zero-order valence-corrected chi connectivity index (χ0v) is 11.6. The number of quaternary nitrogens is 1. The molecule has 0 aliphatic carbocycles. The maximum atomic E-state index is 11.5. The molecule has 96 valence electrons. The summed E-state index contributed by atoms with van der Waals surface area (Å²) < 4.78 is 27.8. The minimum Gasteiger partial charge on any atom is -1.00 e. The molecular weight excluding hydrogens is 262 g/mol. The quantitative estimate of drug-likeness (QED) is 0.504. The monoisotopic (exact) mass is 277 g/mol. The van der Waals surface area contributed by atoms with Gasteiger partial charge in [-0.25, -0.2) is 0 Å². The first-order valence-electron chi connectivity index (χ1n) is 4.79. The maximum Gasteiger partial charge on any atom is 0.336 e. The lowest BCUT2D eigenvalue weighted by molar-refractivity contribution is -1.03. The third-order valence-corrected chi connectivity index (χ3v) is 2.68. The average Bonchev–Trinajstić information content (AvgIpc) is 2.13. The SMILES string of the molecule is C[N+](C)(C)OS(=O)(=O)C=Cc1ccccc1.[Cl-]. The molecule has 0 spiro atoms. The van der Waals surface area contributed by atoms with E-state index in [-0.39, 0.29) is 17.1 Å². The van der Waals surface area contributed by atoms with Gasteiger partial charge in [-0.3, -0.25) is 0 Å². The summed E-state index contributed by atoms with van der Waals surface area (Å²) in [7, 11) is 1.25. The van der Waals surface area contributed by atoms with E-state index in [4.69, 9.17) is 4.28 Å². The van der Waals surface area contributed by atoms with Gasteiger partial charge in [0.1, 0.15) is 0 Å². The van der Waals surface area contributed by atoms with Crippen LogP contribution in [0.1, 0.15) is 5.56 Å². The molecule has 0 bridgehead atoms. The fourth-order valence-electron chi connectivity index (χ4n) is 1.06. The molecular formula is C11H16ClNO3S. The first-order chi connectivity index (χ1) is 7.29. The maximum absolute atomic E-state index is 11.5. The Balaban J connectivity index is 0.00000256. The summed E-state index contributed by atoms with van der Waals surface area (Å²) >= 11 is 0. The molecule has 0 saturated carbocycles. The van der Waals surface area contributed by atoms with Crippen molar-refractivity contribution >= 4 is 16.2 Å². The van der Waals surface area contributed by atoms with Crippen LogP contribution in [0.3, 0.4) is 0 Å². The highest BCUT2D eigenvalue weighted by atomic mass is 35.5. The Kier molecular flexibility index (Phi) is 5.84. The smallest absolute Gasteiger partial charge is 0.336 e. The van der Waals surface area contributed by atoms with Crippen molar-refractivity contribution in [2.45, 2.75) is 0 Å². The first-order valence-corrected chi connectivity index (χ1v) is 6.26. The van der Waals surface area contributed by atoms with Crippen LogP contribution >= 0.6 is 0 Å². The third-order valence-electron chi connectivity index (χ3n) is 1.55. The zero-order chi connectivity index (χ0) is 12.2. The van der Waals surface area contributed by atoms with Crippen molar-refractivity contribution in [3.8, 4) is 0 Å². The summed E-state index contributed by atoms with van der Waals surface area (Å²) in [4.78, 5) is 0. The normalized spacial score (nSPS) is 12.4. The molecule has 0 aromatic heterocycles. The largest absolute Gasteiger partial charge is 1.00 e. The van der Waals surface area contributed by atoms with Crippen LogP contribution in [-0.2, 0) is 14.4 Å². The molecule has 0 unspecified atom stereocenters. The molecule has 1 rings (SSSR count). The minimum absolute atomic E-state index is 0. The Morgan fingerprint density at radius 2 is 1.65 bits per heavy atom. The molecule has 0 amide bonds. The molecule has 0 radical (unpaired) electrons. The number of benzene rings is 1. The summed E-state index contributed by atoms with van der Waals surface area (Å²) in [5.41, 5.74) is 0.816.